The smallest absolute Gasteiger partial charge is 0.184 e. The highest BCUT2D eigenvalue weighted by molar-refractivity contribution is 6.70. The van der Waals surface area contributed by atoms with Gasteiger partial charge in [-0.3, -0.25) is 0 Å². The van der Waals surface area contributed by atoms with E-state index in [2.05, 4.69) is 106 Å². The van der Waals surface area contributed by atoms with Crippen LogP contribution in [-0.2, 0) is 17.7 Å². The van der Waals surface area contributed by atoms with E-state index in [0.717, 1.165) is 18.4 Å². The quantitative estimate of drug-likeness (QED) is 0.167. The first-order valence-electron chi connectivity index (χ1n) is 20.0. The standard InChI is InChI=1S/C39H80O4Si4/c1-28(27-40-44(5,6)7)18-17-19-29(2)32-20-21-33-37-34(26-36(39(32,33)4)43-47(14,15)16)38(3)23-22-31(41-45(8,9)10)24-30(38)25-35(37)42-46(11,12)13/h28-37H,17-27H2,1-16H3/t28?,29-,30+,31+,32-,33?,34?,35-,36+,37?,38+,39-/m1/s1. The molecule has 4 aliphatic rings. The van der Waals surface area contributed by atoms with Gasteiger partial charge in [0.15, 0.2) is 33.3 Å². The van der Waals surface area contributed by atoms with E-state index < -0.39 is 33.3 Å². The number of rotatable bonds is 14. The molecule has 0 heterocycles. The molecular weight excluding hydrogens is 645 g/mol. The Kier molecular flexibility index (Phi) is 12.6. The van der Waals surface area contributed by atoms with Crippen molar-refractivity contribution >= 4 is 33.3 Å². The average molecular weight is 725 g/mol. The molecule has 0 aromatic heterocycles. The number of hydrogen-bond acceptors (Lipinski definition) is 4. The Balaban J connectivity index is 1.61. The van der Waals surface area contributed by atoms with Gasteiger partial charge < -0.3 is 17.7 Å². The first kappa shape index (κ1) is 40.5. The minimum Gasteiger partial charge on any atom is -0.417 e. The van der Waals surface area contributed by atoms with Crippen molar-refractivity contribution in [1.82, 2.24) is 0 Å². The third kappa shape index (κ3) is 9.98. The lowest BCUT2D eigenvalue weighted by Gasteiger charge is -2.66. The van der Waals surface area contributed by atoms with Gasteiger partial charge >= 0.3 is 0 Å². The van der Waals surface area contributed by atoms with E-state index in [0.29, 0.717) is 53.3 Å². The first-order chi connectivity index (χ1) is 21.3. The topological polar surface area (TPSA) is 36.9 Å². The van der Waals surface area contributed by atoms with Gasteiger partial charge in [-0.15, -0.1) is 0 Å². The van der Waals surface area contributed by atoms with E-state index >= 15 is 0 Å². The summed E-state index contributed by atoms with van der Waals surface area (Å²) in [5, 5.41) is 0. The van der Waals surface area contributed by atoms with Crippen molar-refractivity contribution in [2.45, 2.75) is 189 Å². The van der Waals surface area contributed by atoms with Gasteiger partial charge in [-0.05, 0) is 182 Å². The maximum Gasteiger partial charge on any atom is 0.184 e. The lowest BCUT2D eigenvalue weighted by atomic mass is 9.43. The fourth-order valence-corrected chi connectivity index (χ4v) is 15.7. The van der Waals surface area contributed by atoms with E-state index in [-0.39, 0.29) is 5.41 Å². The van der Waals surface area contributed by atoms with E-state index in [1.165, 1.54) is 64.2 Å². The summed E-state index contributed by atoms with van der Waals surface area (Å²) in [6, 6.07) is 0. The minimum absolute atomic E-state index is 0.232. The Bertz CT molecular complexity index is 1030. The molecule has 4 saturated carbocycles. The number of fused-ring (bicyclic) bond motifs is 5. The monoisotopic (exact) mass is 725 g/mol. The third-order valence-electron chi connectivity index (χ3n) is 13.1. The van der Waals surface area contributed by atoms with Crippen LogP contribution in [0.25, 0.3) is 0 Å². The molecule has 0 amide bonds. The zero-order chi connectivity index (χ0) is 35.4. The summed E-state index contributed by atoms with van der Waals surface area (Å²) in [4.78, 5) is 0. The van der Waals surface area contributed by atoms with Crippen molar-refractivity contribution in [3.8, 4) is 0 Å². The second-order valence-electron chi connectivity index (χ2n) is 21.6. The van der Waals surface area contributed by atoms with Crippen LogP contribution >= 0.6 is 0 Å². The minimum atomic E-state index is -1.75. The summed E-state index contributed by atoms with van der Waals surface area (Å²) >= 11 is 0. The molecule has 12 atom stereocenters. The van der Waals surface area contributed by atoms with Crippen LogP contribution in [0.5, 0.6) is 0 Å². The molecule has 0 aromatic rings. The van der Waals surface area contributed by atoms with Crippen molar-refractivity contribution in [1.29, 1.82) is 0 Å². The SMILES string of the molecule is CC(CCC[C@@H](C)[C@H]1CCC2C3C(C[C@H](O[Si](C)(C)C)[C@@]21C)[C@@]1(C)CC[C@H](O[Si](C)(C)C)C[C@H]1C[C@H]3O[Si](C)(C)C)CO[Si](C)(C)C. The Labute approximate surface area is 297 Å². The summed E-state index contributed by atoms with van der Waals surface area (Å²) in [5.41, 5.74) is 0.597. The Hall–Kier alpha value is 0.708. The Morgan fingerprint density at radius 3 is 1.85 bits per heavy atom. The second-order valence-corrected chi connectivity index (χ2v) is 39.5. The molecular formula is C39H80O4Si4. The molecule has 4 fully saturated rings. The highest BCUT2D eigenvalue weighted by Gasteiger charge is 2.67. The van der Waals surface area contributed by atoms with Crippen molar-refractivity contribution < 1.29 is 17.7 Å². The molecule has 0 N–H and O–H groups in total. The fourth-order valence-electron chi connectivity index (χ4n) is 11.3. The van der Waals surface area contributed by atoms with Crippen LogP contribution in [0.1, 0.15) is 91.9 Å². The summed E-state index contributed by atoms with van der Waals surface area (Å²) in [6.07, 6.45) is 14.2. The van der Waals surface area contributed by atoms with Gasteiger partial charge in [0.05, 0.1) is 6.10 Å². The van der Waals surface area contributed by atoms with E-state index in [1.807, 2.05) is 0 Å². The lowest BCUT2D eigenvalue weighted by molar-refractivity contribution is -0.199. The van der Waals surface area contributed by atoms with Crippen LogP contribution in [-0.4, -0.2) is 58.2 Å². The van der Waals surface area contributed by atoms with Crippen LogP contribution in [0, 0.1) is 52.3 Å². The zero-order valence-electron chi connectivity index (χ0n) is 34.2. The van der Waals surface area contributed by atoms with Gasteiger partial charge in [0.2, 0.25) is 0 Å². The van der Waals surface area contributed by atoms with Gasteiger partial charge in [-0.1, -0.05) is 40.5 Å². The zero-order valence-corrected chi connectivity index (χ0v) is 38.2. The van der Waals surface area contributed by atoms with Crippen molar-refractivity contribution in [3.05, 3.63) is 0 Å². The maximum absolute atomic E-state index is 7.45. The van der Waals surface area contributed by atoms with Gasteiger partial charge in [-0.25, -0.2) is 0 Å². The molecule has 4 unspecified atom stereocenters. The van der Waals surface area contributed by atoms with E-state index in [4.69, 9.17) is 17.7 Å². The van der Waals surface area contributed by atoms with Gasteiger partial charge in [0, 0.05) is 18.8 Å². The van der Waals surface area contributed by atoms with Crippen LogP contribution in [0.15, 0.2) is 0 Å². The Morgan fingerprint density at radius 2 is 1.28 bits per heavy atom. The molecule has 276 valence electrons. The summed E-state index contributed by atoms with van der Waals surface area (Å²) < 4.78 is 27.9. The van der Waals surface area contributed by atoms with E-state index in [9.17, 15) is 0 Å². The third-order valence-corrected chi connectivity index (χ3v) is 17.2. The van der Waals surface area contributed by atoms with Crippen LogP contribution in [0.4, 0.5) is 0 Å². The molecule has 0 radical (unpaired) electrons. The molecule has 0 bridgehead atoms. The highest BCUT2D eigenvalue weighted by atomic mass is 28.4. The molecule has 0 saturated heterocycles. The molecule has 0 aliphatic heterocycles. The second kappa shape index (κ2) is 14.6. The molecule has 4 nitrogen and oxygen atoms in total. The highest BCUT2D eigenvalue weighted by Crippen LogP contribution is 2.69. The van der Waals surface area contributed by atoms with Crippen molar-refractivity contribution in [2.75, 3.05) is 6.61 Å². The molecule has 47 heavy (non-hydrogen) atoms. The van der Waals surface area contributed by atoms with Gasteiger partial charge in [0.1, 0.15) is 0 Å². The maximum atomic E-state index is 7.45. The van der Waals surface area contributed by atoms with Crippen LogP contribution in [0.3, 0.4) is 0 Å². The first-order valence-corrected chi connectivity index (χ1v) is 33.6. The van der Waals surface area contributed by atoms with Crippen molar-refractivity contribution in [2.24, 2.45) is 52.3 Å². The molecule has 4 aliphatic carbocycles. The fraction of sp³-hybridized carbons (Fsp3) is 1.00. The predicted molar refractivity (Wildman–Crippen MR) is 212 cm³/mol. The van der Waals surface area contributed by atoms with E-state index in [1.54, 1.807) is 0 Å². The average Bonchev–Trinajstić information content (AvgIpc) is 3.24. The molecule has 8 heteroatoms. The molecule has 0 spiro atoms. The normalized spacial score (nSPS) is 39.6. The van der Waals surface area contributed by atoms with Gasteiger partial charge in [0.25, 0.3) is 0 Å². The van der Waals surface area contributed by atoms with Gasteiger partial charge in [-0.2, -0.15) is 0 Å². The molecule has 4 rings (SSSR count). The summed E-state index contributed by atoms with van der Waals surface area (Å²) in [5.74, 6) is 4.88. The summed E-state index contributed by atoms with van der Waals surface area (Å²) in [7, 11) is -6.49. The largest absolute Gasteiger partial charge is 0.417 e. The van der Waals surface area contributed by atoms with Crippen LogP contribution < -0.4 is 0 Å². The number of hydrogen-bond donors (Lipinski definition) is 0. The Morgan fingerprint density at radius 1 is 0.660 bits per heavy atom. The molecule has 0 aromatic carbocycles. The van der Waals surface area contributed by atoms with Crippen molar-refractivity contribution in [3.63, 3.8) is 0 Å². The summed E-state index contributed by atoms with van der Waals surface area (Å²) in [6.45, 7) is 40.0. The predicted octanol–water partition coefficient (Wildman–Crippen LogP) is 11.8. The lowest BCUT2D eigenvalue weighted by Crippen LogP contribution is -2.64. The van der Waals surface area contributed by atoms with Crippen LogP contribution in [0.2, 0.25) is 78.6 Å².